The number of nitrogens with zero attached hydrogens (tertiary/aromatic N) is 3. The molecule has 3 heteroatoms. The molecule has 5 aromatic rings. The molecule has 0 radical (unpaired) electrons. The summed E-state index contributed by atoms with van der Waals surface area (Å²) in [7, 11) is 0. The Labute approximate surface area is 259 Å². The SMILES string of the molecule is CCCCc1ccc(-c2cccc(-c3nnc(C(C)(C)C)n3-c3ccc(-c4ccc(CCCC)cc4)cc3CC)c2)cc1. The topological polar surface area (TPSA) is 30.7 Å². The summed E-state index contributed by atoms with van der Waals surface area (Å²) >= 11 is 0. The van der Waals surface area contributed by atoms with Crippen LogP contribution in [0.2, 0.25) is 0 Å². The van der Waals surface area contributed by atoms with Crippen molar-refractivity contribution in [1.82, 2.24) is 14.8 Å². The van der Waals surface area contributed by atoms with E-state index in [-0.39, 0.29) is 5.41 Å². The van der Waals surface area contributed by atoms with Gasteiger partial charge in [-0.1, -0.05) is 127 Å². The van der Waals surface area contributed by atoms with E-state index < -0.39 is 0 Å². The lowest BCUT2D eigenvalue weighted by atomic mass is 9.94. The maximum absolute atomic E-state index is 4.81. The van der Waals surface area contributed by atoms with Gasteiger partial charge in [0, 0.05) is 11.0 Å². The van der Waals surface area contributed by atoms with Crippen LogP contribution in [0.15, 0.2) is 91.0 Å². The largest absolute Gasteiger partial charge is 0.278 e. The van der Waals surface area contributed by atoms with Crippen LogP contribution in [0.1, 0.15) is 89.7 Å². The van der Waals surface area contributed by atoms with Gasteiger partial charge in [-0.3, -0.25) is 4.57 Å². The molecule has 0 aliphatic rings. The minimum Gasteiger partial charge on any atom is -0.278 e. The molecule has 1 aromatic heterocycles. The summed E-state index contributed by atoms with van der Waals surface area (Å²) in [5, 5.41) is 9.60. The van der Waals surface area contributed by atoms with Crippen molar-refractivity contribution in [3.05, 3.63) is 114 Å². The van der Waals surface area contributed by atoms with Gasteiger partial charge in [0.1, 0.15) is 5.82 Å². The predicted octanol–water partition coefficient (Wildman–Crippen LogP) is 10.8. The van der Waals surface area contributed by atoms with Crippen LogP contribution in [-0.2, 0) is 24.7 Å². The Hall–Kier alpha value is -3.98. The van der Waals surface area contributed by atoms with E-state index in [0.29, 0.717) is 0 Å². The molecule has 3 nitrogen and oxygen atoms in total. The minimum absolute atomic E-state index is 0.171. The van der Waals surface area contributed by atoms with Gasteiger partial charge in [-0.05, 0) is 89.2 Å². The van der Waals surface area contributed by atoms with Crippen LogP contribution in [0.5, 0.6) is 0 Å². The number of hydrogen-bond acceptors (Lipinski definition) is 2. The zero-order chi connectivity index (χ0) is 30.4. The van der Waals surface area contributed by atoms with Gasteiger partial charge in [-0.2, -0.15) is 0 Å². The van der Waals surface area contributed by atoms with Gasteiger partial charge in [-0.25, -0.2) is 0 Å². The average molecular weight is 570 g/mol. The zero-order valence-electron chi connectivity index (χ0n) is 27.0. The minimum atomic E-state index is -0.171. The van der Waals surface area contributed by atoms with Crippen LogP contribution in [0.25, 0.3) is 39.3 Å². The first-order valence-electron chi connectivity index (χ1n) is 16.2. The molecule has 0 fully saturated rings. The Morgan fingerprint density at radius 2 is 1.12 bits per heavy atom. The van der Waals surface area contributed by atoms with E-state index in [9.17, 15) is 0 Å². The van der Waals surface area contributed by atoms with Crippen molar-refractivity contribution in [2.45, 2.75) is 91.9 Å². The fourth-order valence-corrected chi connectivity index (χ4v) is 5.78. The zero-order valence-corrected chi connectivity index (χ0v) is 27.0. The summed E-state index contributed by atoms with van der Waals surface area (Å²) in [5.41, 5.74) is 11.1. The number of rotatable bonds is 11. The third-order valence-corrected chi connectivity index (χ3v) is 8.37. The van der Waals surface area contributed by atoms with Crippen molar-refractivity contribution in [3.63, 3.8) is 0 Å². The third kappa shape index (κ3) is 6.99. The van der Waals surface area contributed by atoms with Gasteiger partial charge in [0.2, 0.25) is 0 Å². The molecule has 0 saturated carbocycles. The van der Waals surface area contributed by atoms with E-state index in [2.05, 4.69) is 137 Å². The second-order valence-electron chi connectivity index (χ2n) is 12.8. The standard InChI is InChI=1S/C40H47N3/c1-7-10-13-29-17-21-32(22-18-29)34-15-12-16-36(28-34)38-41-42-39(40(4,5)6)43(38)37-26-25-35(27-31(37)9-3)33-23-19-30(20-24-33)14-11-8-2/h12,15-28H,7-11,13-14H2,1-6H3. The Bertz CT molecular complexity index is 1630. The molecule has 5 rings (SSSR count). The Morgan fingerprint density at radius 3 is 1.65 bits per heavy atom. The summed E-state index contributed by atoms with van der Waals surface area (Å²) < 4.78 is 2.30. The predicted molar refractivity (Wildman–Crippen MR) is 183 cm³/mol. The van der Waals surface area contributed by atoms with E-state index in [0.717, 1.165) is 42.2 Å². The van der Waals surface area contributed by atoms with Crippen molar-refractivity contribution >= 4 is 0 Å². The van der Waals surface area contributed by atoms with Crippen molar-refractivity contribution in [2.75, 3.05) is 0 Å². The molecule has 0 aliphatic heterocycles. The molecule has 4 aromatic carbocycles. The van der Waals surface area contributed by atoms with Crippen LogP contribution in [0.4, 0.5) is 0 Å². The maximum Gasteiger partial charge on any atom is 0.168 e. The van der Waals surface area contributed by atoms with E-state index in [1.54, 1.807) is 0 Å². The van der Waals surface area contributed by atoms with Crippen LogP contribution in [0, 0.1) is 0 Å². The summed E-state index contributed by atoms with van der Waals surface area (Å²) in [6.07, 6.45) is 8.11. The lowest BCUT2D eigenvalue weighted by Gasteiger charge is -2.22. The molecule has 0 saturated heterocycles. The quantitative estimate of drug-likeness (QED) is 0.158. The molecular weight excluding hydrogens is 522 g/mol. The second-order valence-corrected chi connectivity index (χ2v) is 12.8. The monoisotopic (exact) mass is 569 g/mol. The van der Waals surface area contributed by atoms with Crippen molar-refractivity contribution in [3.8, 4) is 39.3 Å². The van der Waals surface area contributed by atoms with Gasteiger partial charge < -0.3 is 0 Å². The van der Waals surface area contributed by atoms with Gasteiger partial charge >= 0.3 is 0 Å². The van der Waals surface area contributed by atoms with Gasteiger partial charge in [0.05, 0.1) is 5.69 Å². The Balaban J connectivity index is 1.54. The lowest BCUT2D eigenvalue weighted by Crippen LogP contribution is -2.19. The molecule has 0 amide bonds. The van der Waals surface area contributed by atoms with E-state index >= 15 is 0 Å². The molecule has 0 atom stereocenters. The molecule has 0 spiro atoms. The highest BCUT2D eigenvalue weighted by atomic mass is 15.3. The number of benzene rings is 4. The molecule has 0 unspecified atom stereocenters. The number of aromatic nitrogens is 3. The molecule has 43 heavy (non-hydrogen) atoms. The fourth-order valence-electron chi connectivity index (χ4n) is 5.78. The van der Waals surface area contributed by atoms with Crippen LogP contribution in [0.3, 0.4) is 0 Å². The molecule has 0 bridgehead atoms. The molecule has 1 heterocycles. The number of aryl methyl sites for hydroxylation is 3. The van der Waals surface area contributed by atoms with Crippen molar-refractivity contribution in [1.29, 1.82) is 0 Å². The molecule has 0 N–H and O–H groups in total. The van der Waals surface area contributed by atoms with Crippen LogP contribution >= 0.6 is 0 Å². The smallest absolute Gasteiger partial charge is 0.168 e. The normalized spacial score (nSPS) is 11.7. The van der Waals surface area contributed by atoms with Crippen molar-refractivity contribution < 1.29 is 0 Å². The Morgan fingerprint density at radius 1 is 0.581 bits per heavy atom. The highest BCUT2D eigenvalue weighted by Crippen LogP contribution is 2.34. The average Bonchev–Trinajstić information content (AvgIpc) is 3.49. The number of unbranched alkanes of at least 4 members (excludes halogenated alkanes) is 2. The molecule has 0 aliphatic carbocycles. The Kier molecular flexibility index (Phi) is 9.60. The fraction of sp³-hybridized carbons (Fsp3) is 0.350. The molecular formula is C40H47N3. The summed E-state index contributed by atoms with van der Waals surface area (Å²) in [5.74, 6) is 1.85. The van der Waals surface area contributed by atoms with E-state index in [4.69, 9.17) is 10.2 Å². The summed E-state index contributed by atoms with van der Waals surface area (Å²) in [4.78, 5) is 0. The van der Waals surface area contributed by atoms with Gasteiger partial charge in [0.15, 0.2) is 5.82 Å². The van der Waals surface area contributed by atoms with Gasteiger partial charge in [-0.15, -0.1) is 10.2 Å². The van der Waals surface area contributed by atoms with Gasteiger partial charge in [0.25, 0.3) is 0 Å². The van der Waals surface area contributed by atoms with Crippen molar-refractivity contribution in [2.24, 2.45) is 0 Å². The lowest BCUT2D eigenvalue weighted by molar-refractivity contribution is 0.533. The first-order valence-corrected chi connectivity index (χ1v) is 16.2. The first-order chi connectivity index (χ1) is 20.8. The first kappa shape index (κ1) is 30.5. The molecule has 222 valence electrons. The van der Waals surface area contributed by atoms with E-state index in [1.807, 2.05) is 0 Å². The summed E-state index contributed by atoms with van der Waals surface area (Å²) in [6.45, 7) is 13.4. The highest BCUT2D eigenvalue weighted by Gasteiger charge is 2.27. The third-order valence-electron chi connectivity index (χ3n) is 8.37. The second kappa shape index (κ2) is 13.5. The summed E-state index contributed by atoms with van der Waals surface area (Å²) in [6, 6.07) is 33.8. The number of hydrogen-bond donors (Lipinski definition) is 0. The van der Waals surface area contributed by atoms with E-state index in [1.165, 1.54) is 64.6 Å². The van der Waals surface area contributed by atoms with Crippen LogP contribution < -0.4 is 0 Å². The highest BCUT2D eigenvalue weighted by molar-refractivity contribution is 5.72. The maximum atomic E-state index is 4.81. The van der Waals surface area contributed by atoms with Crippen LogP contribution in [-0.4, -0.2) is 14.8 Å².